The second-order valence-corrected chi connectivity index (χ2v) is 6.36. The van der Waals surface area contributed by atoms with E-state index >= 15 is 0 Å². The average Bonchev–Trinajstić information content (AvgIpc) is 2.73. The fourth-order valence-electron chi connectivity index (χ4n) is 3.66. The average molecular weight is 281 g/mol. The molecular formula is C16H31N3O. The number of hydrogen-bond donors (Lipinski definition) is 1. The van der Waals surface area contributed by atoms with E-state index in [1.165, 1.54) is 13.0 Å². The standard InChI is InChI=1S/C16H31N3O/c1-4-6-7-15-16(20)19(13(3)17-15)14-8-11-18(10-5-2)12-9-14/h13-15,17H,4-12H2,1-3H3. The van der Waals surface area contributed by atoms with Crippen molar-refractivity contribution in [2.75, 3.05) is 19.6 Å². The SMILES string of the molecule is CCCCC1NC(C)N(C2CCN(CCC)CC2)C1=O. The minimum Gasteiger partial charge on any atom is -0.323 e. The Morgan fingerprint density at radius 3 is 2.50 bits per heavy atom. The summed E-state index contributed by atoms with van der Waals surface area (Å²) in [7, 11) is 0. The van der Waals surface area contributed by atoms with Crippen LogP contribution in [0.15, 0.2) is 0 Å². The highest BCUT2D eigenvalue weighted by atomic mass is 16.2. The molecule has 2 heterocycles. The Hall–Kier alpha value is -0.610. The number of amides is 1. The number of rotatable bonds is 6. The molecule has 0 aromatic carbocycles. The van der Waals surface area contributed by atoms with Gasteiger partial charge >= 0.3 is 0 Å². The maximum absolute atomic E-state index is 12.6. The van der Waals surface area contributed by atoms with Gasteiger partial charge in [0.05, 0.1) is 12.2 Å². The van der Waals surface area contributed by atoms with Crippen molar-refractivity contribution in [3.8, 4) is 0 Å². The smallest absolute Gasteiger partial charge is 0.241 e. The quantitative estimate of drug-likeness (QED) is 0.811. The Morgan fingerprint density at radius 1 is 1.20 bits per heavy atom. The Morgan fingerprint density at radius 2 is 1.90 bits per heavy atom. The van der Waals surface area contributed by atoms with E-state index in [-0.39, 0.29) is 12.2 Å². The number of carbonyl (C=O) groups excluding carboxylic acids is 1. The van der Waals surface area contributed by atoms with Crippen LogP contribution in [0.25, 0.3) is 0 Å². The number of hydrogen-bond acceptors (Lipinski definition) is 3. The van der Waals surface area contributed by atoms with E-state index < -0.39 is 0 Å². The zero-order valence-corrected chi connectivity index (χ0v) is 13.4. The number of piperidine rings is 1. The topological polar surface area (TPSA) is 35.6 Å². The van der Waals surface area contributed by atoms with E-state index in [0.29, 0.717) is 11.9 Å². The maximum Gasteiger partial charge on any atom is 0.241 e. The maximum atomic E-state index is 12.6. The first-order valence-corrected chi connectivity index (χ1v) is 8.48. The molecule has 2 atom stereocenters. The molecule has 2 fully saturated rings. The molecule has 0 bridgehead atoms. The van der Waals surface area contributed by atoms with E-state index in [1.54, 1.807) is 0 Å². The summed E-state index contributed by atoms with van der Waals surface area (Å²) in [6.07, 6.45) is 7.01. The number of unbranched alkanes of at least 4 members (excludes halogenated alkanes) is 1. The third kappa shape index (κ3) is 3.53. The Balaban J connectivity index is 1.87. The zero-order chi connectivity index (χ0) is 14.5. The monoisotopic (exact) mass is 281 g/mol. The normalized spacial score (nSPS) is 29.4. The van der Waals surface area contributed by atoms with Crippen LogP contribution in [0.1, 0.15) is 59.3 Å². The lowest BCUT2D eigenvalue weighted by atomic mass is 10.0. The molecule has 0 radical (unpaired) electrons. The van der Waals surface area contributed by atoms with E-state index in [9.17, 15) is 4.79 Å². The Labute approximate surface area is 123 Å². The van der Waals surface area contributed by atoms with Crippen molar-refractivity contribution < 1.29 is 4.79 Å². The molecule has 0 spiro atoms. The van der Waals surface area contributed by atoms with Crippen molar-refractivity contribution in [1.29, 1.82) is 0 Å². The molecule has 0 aromatic rings. The van der Waals surface area contributed by atoms with Gasteiger partial charge in [-0.2, -0.15) is 0 Å². The van der Waals surface area contributed by atoms with Gasteiger partial charge in [0.25, 0.3) is 0 Å². The summed E-state index contributed by atoms with van der Waals surface area (Å²) in [6.45, 7) is 10.1. The third-order valence-electron chi connectivity index (χ3n) is 4.75. The second kappa shape index (κ2) is 7.41. The van der Waals surface area contributed by atoms with Crippen molar-refractivity contribution >= 4 is 5.91 Å². The predicted molar refractivity (Wildman–Crippen MR) is 82.5 cm³/mol. The van der Waals surface area contributed by atoms with Crippen LogP contribution in [0.3, 0.4) is 0 Å². The largest absolute Gasteiger partial charge is 0.323 e. The lowest BCUT2D eigenvalue weighted by Gasteiger charge is -2.38. The summed E-state index contributed by atoms with van der Waals surface area (Å²) in [6, 6.07) is 0.517. The van der Waals surface area contributed by atoms with Crippen LogP contribution >= 0.6 is 0 Å². The van der Waals surface area contributed by atoms with Gasteiger partial charge in [-0.05, 0) is 39.2 Å². The van der Waals surface area contributed by atoms with Crippen LogP contribution in [0.4, 0.5) is 0 Å². The third-order valence-corrected chi connectivity index (χ3v) is 4.75. The van der Waals surface area contributed by atoms with Crippen molar-refractivity contribution in [3.05, 3.63) is 0 Å². The number of nitrogens with zero attached hydrogens (tertiary/aromatic N) is 2. The van der Waals surface area contributed by atoms with Crippen LogP contribution in [0, 0.1) is 0 Å². The molecule has 1 amide bonds. The lowest BCUT2D eigenvalue weighted by molar-refractivity contribution is -0.133. The molecule has 20 heavy (non-hydrogen) atoms. The highest BCUT2D eigenvalue weighted by Crippen LogP contribution is 2.24. The van der Waals surface area contributed by atoms with Gasteiger partial charge in [0.2, 0.25) is 5.91 Å². The predicted octanol–water partition coefficient (Wildman–Crippen LogP) is 2.20. The van der Waals surface area contributed by atoms with E-state index in [1.807, 2.05) is 0 Å². The minimum absolute atomic E-state index is 0.0682. The van der Waals surface area contributed by atoms with Crippen molar-refractivity contribution in [2.45, 2.75) is 77.5 Å². The first-order chi connectivity index (χ1) is 9.67. The van der Waals surface area contributed by atoms with E-state index in [0.717, 1.165) is 45.2 Å². The van der Waals surface area contributed by atoms with Gasteiger partial charge in [-0.25, -0.2) is 0 Å². The summed E-state index contributed by atoms with van der Waals surface area (Å²) < 4.78 is 0. The fourth-order valence-corrected chi connectivity index (χ4v) is 3.66. The molecule has 4 nitrogen and oxygen atoms in total. The highest BCUT2D eigenvalue weighted by molar-refractivity contribution is 5.84. The summed E-state index contributed by atoms with van der Waals surface area (Å²) in [5, 5.41) is 3.48. The first-order valence-electron chi connectivity index (χ1n) is 8.48. The van der Waals surface area contributed by atoms with Gasteiger partial charge in [-0.1, -0.05) is 26.7 Å². The van der Waals surface area contributed by atoms with Crippen LogP contribution in [-0.2, 0) is 4.79 Å². The number of carbonyl (C=O) groups is 1. The van der Waals surface area contributed by atoms with Crippen molar-refractivity contribution in [1.82, 2.24) is 15.1 Å². The highest BCUT2D eigenvalue weighted by Gasteiger charge is 2.40. The molecule has 0 aromatic heterocycles. The minimum atomic E-state index is 0.0682. The van der Waals surface area contributed by atoms with Crippen LogP contribution in [0.2, 0.25) is 0 Å². The molecule has 0 saturated carbocycles. The summed E-state index contributed by atoms with van der Waals surface area (Å²) in [5.41, 5.74) is 0. The molecule has 2 unspecified atom stereocenters. The van der Waals surface area contributed by atoms with Gasteiger partial charge in [0, 0.05) is 19.1 Å². The van der Waals surface area contributed by atoms with Crippen LogP contribution < -0.4 is 5.32 Å². The molecule has 2 aliphatic heterocycles. The second-order valence-electron chi connectivity index (χ2n) is 6.36. The molecule has 2 rings (SSSR count). The summed E-state index contributed by atoms with van der Waals surface area (Å²) >= 11 is 0. The summed E-state index contributed by atoms with van der Waals surface area (Å²) in [4.78, 5) is 17.3. The molecule has 2 aliphatic rings. The van der Waals surface area contributed by atoms with Gasteiger partial charge in [0.1, 0.15) is 0 Å². The van der Waals surface area contributed by atoms with Gasteiger partial charge < -0.3 is 9.80 Å². The number of nitrogens with one attached hydrogen (secondary N) is 1. The van der Waals surface area contributed by atoms with Crippen LogP contribution in [0.5, 0.6) is 0 Å². The zero-order valence-electron chi connectivity index (χ0n) is 13.4. The Kier molecular flexibility index (Phi) is 5.85. The fraction of sp³-hybridized carbons (Fsp3) is 0.938. The van der Waals surface area contributed by atoms with E-state index in [2.05, 4.69) is 35.9 Å². The molecular weight excluding hydrogens is 250 g/mol. The van der Waals surface area contributed by atoms with Crippen molar-refractivity contribution in [3.63, 3.8) is 0 Å². The Bertz CT molecular complexity index is 313. The number of likely N-dealkylation sites (tertiary alicyclic amines) is 1. The van der Waals surface area contributed by atoms with Gasteiger partial charge in [-0.3, -0.25) is 10.1 Å². The van der Waals surface area contributed by atoms with Gasteiger partial charge in [0.15, 0.2) is 0 Å². The molecule has 1 N–H and O–H groups in total. The summed E-state index contributed by atoms with van der Waals surface area (Å²) in [5.74, 6) is 0.347. The molecule has 0 aliphatic carbocycles. The van der Waals surface area contributed by atoms with Gasteiger partial charge in [-0.15, -0.1) is 0 Å². The molecule has 2 saturated heterocycles. The van der Waals surface area contributed by atoms with Crippen molar-refractivity contribution in [2.24, 2.45) is 0 Å². The molecule has 116 valence electrons. The molecule has 4 heteroatoms. The van der Waals surface area contributed by atoms with Crippen LogP contribution in [-0.4, -0.2) is 53.6 Å². The lowest BCUT2D eigenvalue weighted by Crippen LogP contribution is -2.49. The first kappa shape index (κ1) is 15.8. The van der Waals surface area contributed by atoms with E-state index in [4.69, 9.17) is 0 Å².